The lowest BCUT2D eigenvalue weighted by Gasteiger charge is -2.28. The molecule has 2 N–H and O–H groups in total. The number of likely N-dealkylation sites (tertiary alicyclic amines) is 1. The predicted molar refractivity (Wildman–Crippen MR) is 90.2 cm³/mol. The molecule has 3 rings (SSSR count). The van der Waals surface area contributed by atoms with Gasteiger partial charge in [0.25, 0.3) is 0 Å². The molecule has 0 bridgehead atoms. The van der Waals surface area contributed by atoms with Crippen LogP contribution >= 0.6 is 0 Å². The second kappa shape index (κ2) is 7.64. The van der Waals surface area contributed by atoms with Gasteiger partial charge in [0.15, 0.2) is 0 Å². The number of anilines is 1. The van der Waals surface area contributed by atoms with Crippen molar-refractivity contribution in [2.24, 2.45) is 0 Å². The standard InChI is InChI=1S/C18H24FN3O2/c19-13-8-10-15(11-9-13)21-18(24)22-12-4-7-16(22)17(23)20-14-5-2-1-3-6-14/h8-11,14,16H,1-7,12H2,(H,20,23)(H,21,24)/t16-/m1/s1. The van der Waals surface area contributed by atoms with Crippen LogP contribution in [0.2, 0.25) is 0 Å². The molecule has 6 heteroatoms. The fourth-order valence-corrected chi connectivity index (χ4v) is 3.56. The van der Waals surface area contributed by atoms with Crippen molar-refractivity contribution in [3.8, 4) is 0 Å². The summed E-state index contributed by atoms with van der Waals surface area (Å²) in [5.41, 5.74) is 0.528. The largest absolute Gasteiger partial charge is 0.352 e. The first-order chi connectivity index (χ1) is 11.6. The van der Waals surface area contributed by atoms with Gasteiger partial charge in [-0.2, -0.15) is 0 Å². The Bertz CT molecular complexity index is 584. The minimum Gasteiger partial charge on any atom is -0.352 e. The molecule has 1 aliphatic heterocycles. The molecule has 0 radical (unpaired) electrons. The highest BCUT2D eigenvalue weighted by Gasteiger charge is 2.35. The number of hydrogen-bond acceptors (Lipinski definition) is 2. The van der Waals surface area contributed by atoms with E-state index in [1.165, 1.54) is 30.7 Å². The van der Waals surface area contributed by atoms with Crippen LogP contribution in [-0.4, -0.2) is 35.5 Å². The number of nitrogens with zero attached hydrogens (tertiary/aromatic N) is 1. The quantitative estimate of drug-likeness (QED) is 0.892. The monoisotopic (exact) mass is 333 g/mol. The molecule has 5 nitrogen and oxygen atoms in total. The van der Waals surface area contributed by atoms with Crippen molar-refractivity contribution in [2.45, 2.75) is 57.0 Å². The van der Waals surface area contributed by atoms with Crippen molar-refractivity contribution in [1.82, 2.24) is 10.2 Å². The van der Waals surface area contributed by atoms with Gasteiger partial charge in [0.05, 0.1) is 0 Å². The Hall–Kier alpha value is -2.11. The molecule has 1 heterocycles. The van der Waals surface area contributed by atoms with Crippen molar-refractivity contribution in [2.75, 3.05) is 11.9 Å². The molecule has 2 fully saturated rings. The molecule has 1 saturated carbocycles. The highest BCUT2D eigenvalue weighted by molar-refractivity contribution is 5.94. The summed E-state index contributed by atoms with van der Waals surface area (Å²) in [5, 5.41) is 5.85. The van der Waals surface area contributed by atoms with Crippen LogP contribution in [0.4, 0.5) is 14.9 Å². The average Bonchev–Trinajstić information content (AvgIpc) is 3.08. The number of urea groups is 1. The van der Waals surface area contributed by atoms with Gasteiger partial charge in [0.1, 0.15) is 11.9 Å². The van der Waals surface area contributed by atoms with Crippen LogP contribution in [0.15, 0.2) is 24.3 Å². The van der Waals surface area contributed by atoms with Gasteiger partial charge in [-0.15, -0.1) is 0 Å². The third kappa shape index (κ3) is 4.04. The number of halogens is 1. The molecular weight excluding hydrogens is 309 g/mol. The van der Waals surface area contributed by atoms with E-state index >= 15 is 0 Å². The maximum absolute atomic E-state index is 12.9. The van der Waals surface area contributed by atoms with Crippen molar-refractivity contribution >= 4 is 17.6 Å². The molecule has 3 amide bonds. The predicted octanol–water partition coefficient (Wildman–Crippen LogP) is 3.27. The van der Waals surface area contributed by atoms with Crippen LogP contribution in [0.1, 0.15) is 44.9 Å². The van der Waals surface area contributed by atoms with Gasteiger partial charge >= 0.3 is 6.03 Å². The van der Waals surface area contributed by atoms with E-state index in [0.29, 0.717) is 18.7 Å². The van der Waals surface area contributed by atoms with Crippen molar-refractivity contribution < 1.29 is 14.0 Å². The summed E-state index contributed by atoms with van der Waals surface area (Å²) in [4.78, 5) is 26.6. The van der Waals surface area contributed by atoms with Crippen molar-refractivity contribution in [3.63, 3.8) is 0 Å². The fraction of sp³-hybridized carbons (Fsp3) is 0.556. The van der Waals surface area contributed by atoms with Gasteiger partial charge in [-0.3, -0.25) is 4.79 Å². The van der Waals surface area contributed by atoms with E-state index in [0.717, 1.165) is 32.1 Å². The SMILES string of the molecule is O=C(NC1CCCCC1)[C@H]1CCCN1C(=O)Nc1ccc(F)cc1. The highest BCUT2D eigenvalue weighted by Crippen LogP contribution is 2.22. The number of benzene rings is 1. The minimum absolute atomic E-state index is 0.0475. The first kappa shape index (κ1) is 16.7. The summed E-state index contributed by atoms with van der Waals surface area (Å²) in [6, 6.07) is 5.16. The normalized spacial score (nSPS) is 21.5. The van der Waals surface area contributed by atoms with Gasteiger partial charge in [0, 0.05) is 18.3 Å². The topological polar surface area (TPSA) is 61.4 Å². The molecule has 24 heavy (non-hydrogen) atoms. The van der Waals surface area contributed by atoms with E-state index < -0.39 is 6.04 Å². The fourth-order valence-electron chi connectivity index (χ4n) is 3.56. The van der Waals surface area contributed by atoms with Gasteiger partial charge < -0.3 is 15.5 Å². The summed E-state index contributed by atoms with van der Waals surface area (Å²) in [6.07, 6.45) is 7.12. The van der Waals surface area contributed by atoms with Gasteiger partial charge in [0.2, 0.25) is 5.91 Å². The van der Waals surface area contributed by atoms with E-state index in [-0.39, 0.29) is 23.8 Å². The number of hydrogen-bond donors (Lipinski definition) is 2. The molecule has 0 aromatic heterocycles. The Balaban J connectivity index is 1.58. The van der Waals surface area contributed by atoms with Gasteiger partial charge in [-0.05, 0) is 49.9 Å². The van der Waals surface area contributed by atoms with Crippen molar-refractivity contribution in [3.05, 3.63) is 30.1 Å². The number of carbonyl (C=O) groups excluding carboxylic acids is 2. The Kier molecular flexibility index (Phi) is 5.33. The molecule has 2 aliphatic rings. The summed E-state index contributed by atoms with van der Waals surface area (Å²) in [5.74, 6) is -0.396. The second-order valence-electron chi connectivity index (χ2n) is 6.63. The molecule has 1 aromatic rings. The van der Waals surface area contributed by atoms with Crippen LogP contribution in [-0.2, 0) is 4.79 Å². The third-order valence-electron chi connectivity index (χ3n) is 4.86. The number of amides is 3. The molecule has 0 unspecified atom stereocenters. The average molecular weight is 333 g/mol. The lowest BCUT2D eigenvalue weighted by Crippen LogP contribution is -2.50. The molecule has 1 atom stereocenters. The molecule has 1 aliphatic carbocycles. The zero-order valence-corrected chi connectivity index (χ0v) is 13.8. The molecular formula is C18H24FN3O2. The third-order valence-corrected chi connectivity index (χ3v) is 4.86. The van der Waals surface area contributed by atoms with Crippen molar-refractivity contribution in [1.29, 1.82) is 0 Å². The zero-order chi connectivity index (χ0) is 16.9. The lowest BCUT2D eigenvalue weighted by atomic mass is 9.95. The Morgan fingerprint density at radius 2 is 1.71 bits per heavy atom. The van der Waals surface area contributed by atoms with E-state index in [4.69, 9.17) is 0 Å². The maximum Gasteiger partial charge on any atom is 0.322 e. The first-order valence-electron chi connectivity index (χ1n) is 8.77. The molecule has 1 saturated heterocycles. The molecule has 0 spiro atoms. The second-order valence-corrected chi connectivity index (χ2v) is 6.63. The summed E-state index contributed by atoms with van der Waals surface area (Å²) >= 11 is 0. The summed E-state index contributed by atoms with van der Waals surface area (Å²) < 4.78 is 12.9. The van der Waals surface area contributed by atoms with Crippen LogP contribution in [0, 0.1) is 5.82 Å². The smallest absolute Gasteiger partial charge is 0.322 e. The highest BCUT2D eigenvalue weighted by atomic mass is 19.1. The van der Waals surface area contributed by atoms with Gasteiger partial charge in [-0.1, -0.05) is 19.3 Å². The maximum atomic E-state index is 12.9. The number of nitrogens with one attached hydrogen (secondary N) is 2. The number of rotatable bonds is 3. The van der Waals surface area contributed by atoms with Crippen LogP contribution < -0.4 is 10.6 Å². The Morgan fingerprint density at radius 1 is 1.00 bits per heavy atom. The summed E-state index contributed by atoms with van der Waals surface area (Å²) in [7, 11) is 0. The van der Waals surface area contributed by atoms with E-state index in [9.17, 15) is 14.0 Å². The number of carbonyl (C=O) groups is 2. The Morgan fingerprint density at radius 3 is 2.42 bits per heavy atom. The zero-order valence-electron chi connectivity index (χ0n) is 13.8. The van der Waals surface area contributed by atoms with E-state index in [1.54, 1.807) is 4.90 Å². The lowest BCUT2D eigenvalue weighted by molar-refractivity contribution is -0.125. The van der Waals surface area contributed by atoms with E-state index in [1.807, 2.05) is 0 Å². The van der Waals surface area contributed by atoms with Crippen LogP contribution in [0.5, 0.6) is 0 Å². The van der Waals surface area contributed by atoms with E-state index in [2.05, 4.69) is 10.6 Å². The summed E-state index contributed by atoms with van der Waals surface area (Å²) in [6.45, 7) is 0.565. The Labute approximate surface area is 141 Å². The molecule has 1 aromatic carbocycles. The van der Waals surface area contributed by atoms with Gasteiger partial charge in [-0.25, -0.2) is 9.18 Å². The minimum atomic E-state index is -0.410. The molecule has 130 valence electrons. The first-order valence-corrected chi connectivity index (χ1v) is 8.77. The van der Waals surface area contributed by atoms with Crippen LogP contribution in [0.25, 0.3) is 0 Å². The van der Waals surface area contributed by atoms with Crippen LogP contribution in [0.3, 0.4) is 0 Å².